The van der Waals surface area contributed by atoms with Crippen molar-refractivity contribution in [1.82, 2.24) is 9.97 Å². The molecule has 4 rings (SSSR count). The summed E-state index contributed by atoms with van der Waals surface area (Å²) in [5, 5.41) is 0.654. The molecule has 3 aromatic heterocycles. The van der Waals surface area contributed by atoms with Gasteiger partial charge in [-0.3, -0.25) is 4.79 Å². The summed E-state index contributed by atoms with van der Waals surface area (Å²) in [6.45, 7) is 1.50. The average Bonchev–Trinajstić information content (AvgIpc) is 3.37. The van der Waals surface area contributed by atoms with E-state index < -0.39 is 5.97 Å². The maximum Gasteiger partial charge on any atom is 0.339 e. The molecule has 0 atom stereocenters. The van der Waals surface area contributed by atoms with Gasteiger partial charge in [0.1, 0.15) is 11.5 Å². The van der Waals surface area contributed by atoms with Crippen LogP contribution in [0.2, 0.25) is 0 Å². The maximum atomic E-state index is 12.7. The molecule has 4 aromatic rings. The number of carbonyl (C=O) groups is 2. The van der Waals surface area contributed by atoms with Crippen molar-refractivity contribution in [2.75, 3.05) is 6.61 Å². The molecule has 134 valence electrons. The van der Waals surface area contributed by atoms with Gasteiger partial charge in [-0.15, -0.1) is 0 Å². The number of fused-ring (bicyclic) bond motifs is 1. The first kappa shape index (κ1) is 16.8. The van der Waals surface area contributed by atoms with Gasteiger partial charge in [-0.1, -0.05) is 18.2 Å². The van der Waals surface area contributed by atoms with Crippen molar-refractivity contribution in [3.63, 3.8) is 0 Å². The zero-order valence-corrected chi connectivity index (χ0v) is 14.6. The molecular weight excluding hydrogens is 344 g/mol. The largest absolute Gasteiger partial charge is 0.460 e. The number of aromatic amines is 1. The highest BCUT2D eigenvalue weighted by atomic mass is 16.5. The van der Waals surface area contributed by atoms with Crippen LogP contribution in [0.25, 0.3) is 22.4 Å². The molecule has 1 N–H and O–H groups in total. The number of carbonyl (C=O) groups excluding carboxylic acids is 2. The van der Waals surface area contributed by atoms with Gasteiger partial charge < -0.3 is 14.1 Å². The van der Waals surface area contributed by atoms with Crippen molar-refractivity contribution >= 4 is 22.7 Å². The highest BCUT2D eigenvalue weighted by Gasteiger charge is 2.18. The Labute approximate surface area is 154 Å². The molecule has 0 radical (unpaired) electrons. The molecule has 6 nitrogen and oxygen atoms in total. The fourth-order valence-electron chi connectivity index (χ4n) is 2.83. The number of nitrogens with zero attached hydrogens (tertiary/aromatic N) is 1. The lowest BCUT2D eigenvalue weighted by molar-refractivity contribution is 0.0475. The zero-order chi connectivity index (χ0) is 18.8. The van der Waals surface area contributed by atoms with Crippen LogP contribution in [0.4, 0.5) is 0 Å². The predicted molar refractivity (Wildman–Crippen MR) is 99.6 cm³/mol. The number of H-pyrrole nitrogens is 1. The SMILES string of the molecule is Cc1ccc(-c2cc(C(=O)OCC(=O)c3ccc[nH]3)c3ccccc3n2)o1. The normalized spacial score (nSPS) is 10.9. The second-order valence-corrected chi connectivity index (χ2v) is 6.07. The van der Waals surface area contributed by atoms with Gasteiger partial charge >= 0.3 is 5.97 Å². The minimum atomic E-state index is -0.585. The van der Waals surface area contributed by atoms with Crippen LogP contribution in [-0.4, -0.2) is 28.3 Å². The number of rotatable bonds is 5. The van der Waals surface area contributed by atoms with E-state index >= 15 is 0 Å². The van der Waals surface area contributed by atoms with Crippen LogP contribution < -0.4 is 0 Å². The van der Waals surface area contributed by atoms with Gasteiger partial charge in [0.05, 0.1) is 16.8 Å². The van der Waals surface area contributed by atoms with Gasteiger partial charge in [0.15, 0.2) is 12.4 Å². The van der Waals surface area contributed by atoms with Crippen LogP contribution in [0.1, 0.15) is 26.6 Å². The minimum absolute atomic E-state index is 0.298. The van der Waals surface area contributed by atoms with Crippen molar-refractivity contribution in [2.24, 2.45) is 0 Å². The van der Waals surface area contributed by atoms with E-state index in [2.05, 4.69) is 9.97 Å². The molecule has 0 aliphatic carbocycles. The summed E-state index contributed by atoms with van der Waals surface area (Å²) in [4.78, 5) is 32.1. The second-order valence-electron chi connectivity index (χ2n) is 6.07. The summed E-state index contributed by atoms with van der Waals surface area (Å²) in [6.07, 6.45) is 1.64. The summed E-state index contributed by atoms with van der Waals surface area (Å²) in [5.74, 6) is 0.432. The summed E-state index contributed by atoms with van der Waals surface area (Å²) < 4.78 is 10.9. The molecule has 1 aromatic carbocycles. The number of benzene rings is 1. The molecule has 0 fully saturated rings. The molecule has 0 bridgehead atoms. The number of nitrogens with one attached hydrogen (secondary N) is 1. The number of furan rings is 1. The number of para-hydroxylation sites is 1. The summed E-state index contributed by atoms with van der Waals surface area (Å²) in [7, 11) is 0. The van der Waals surface area contributed by atoms with E-state index in [9.17, 15) is 9.59 Å². The topological polar surface area (TPSA) is 85.2 Å². The molecule has 0 unspecified atom stereocenters. The van der Waals surface area contributed by atoms with E-state index in [0.717, 1.165) is 5.76 Å². The van der Waals surface area contributed by atoms with E-state index in [-0.39, 0.29) is 12.4 Å². The molecule has 27 heavy (non-hydrogen) atoms. The van der Waals surface area contributed by atoms with Crippen LogP contribution in [0.5, 0.6) is 0 Å². The standard InChI is InChI=1S/C21H16N2O4/c1-13-8-9-20(27-13)18-11-15(14-5-2-3-6-16(14)23-18)21(25)26-12-19(24)17-7-4-10-22-17/h2-11,22H,12H2,1H3. The molecule has 0 spiro atoms. The Balaban J connectivity index is 1.67. The fourth-order valence-corrected chi connectivity index (χ4v) is 2.83. The number of esters is 1. The number of ketones is 1. The van der Waals surface area contributed by atoms with Gasteiger partial charge in [0.25, 0.3) is 0 Å². The number of Topliss-reactive ketones (excluding diaryl/α,β-unsaturated/α-hetero) is 1. The number of hydrogen-bond acceptors (Lipinski definition) is 5. The van der Waals surface area contributed by atoms with E-state index in [1.165, 1.54) is 0 Å². The van der Waals surface area contributed by atoms with Crippen LogP contribution in [0.15, 0.2) is 65.2 Å². The number of hydrogen-bond donors (Lipinski definition) is 1. The first-order valence-electron chi connectivity index (χ1n) is 8.42. The molecule has 6 heteroatoms. The smallest absolute Gasteiger partial charge is 0.339 e. The Bertz CT molecular complexity index is 1130. The lowest BCUT2D eigenvalue weighted by atomic mass is 10.1. The highest BCUT2D eigenvalue weighted by Crippen LogP contribution is 2.26. The molecule has 0 amide bonds. The highest BCUT2D eigenvalue weighted by molar-refractivity contribution is 6.05. The van der Waals surface area contributed by atoms with Gasteiger partial charge in [-0.25, -0.2) is 9.78 Å². The van der Waals surface area contributed by atoms with Gasteiger partial charge in [-0.2, -0.15) is 0 Å². The van der Waals surface area contributed by atoms with Crippen molar-refractivity contribution in [3.8, 4) is 11.5 Å². The lowest BCUT2D eigenvalue weighted by Crippen LogP contribution is -2.15. The van der Waals surface area contributed by atoms with E-state index in [4.69, 9.17) is 9.15 Å². The Morgan fingerprint density at radius 1 is 1.11 bits per heavy atom. The number of aromatic nitrogens is 2. The minimum Gasteiger partial charge on any atom is -0.460 e. The molecule has 0 saturated carbocycles. The predicted octanol–water partition coefficient (Wildman–Crippen LogP) is 4.17. The fraction of sp³-hybridized carbons (Fsp3) is 0.0952. The lowest BCUT2D eigenvalue weighted by Gasteiger charge is -2.08. The van der Waals surface area contributed by atoms with Crippen LogP contribution in [0.3, 0.4) is 0 Å². The van der Waals surface area contributed by atoms with Crippen LogP contribution >= 0.6 is 0 Å². The van der Waals surface area contributed by atoms with Crippen molar-refractivity contribution < 1.29 is 18.7 Å². The Morgan fingerprint density at radius 3 is 2.70 bits per heavy atom. The third kappa shape index (κ3) is 3.37. The molecule has 0 aliphatic heterocycles. The number of pyridine rings is 1. The van der Waals surface area contributed by atoms with Crippen molar-refractivity contribution in [2.45, 2.75) is 6.92 Å². The summed E-state index contributed by atoms with van der Waals surface area (Å²) in [6, 6.07) is 15.9. The Hall–Kier alpha value is -3.67. The number of ether oxygens (including phenoxy) is 1. The van der Waals surface area contributed by atoms with E-state index in [0.29, 0.717) is 33.6 Å². The second kappa shape index (κ2) is 6.92. The van der Waals surface area contributed by atoms with Gasteiger partial charge in [0.2, 0.25) is 5.78 Å². The van der Waals surface area contributed by atoms with Crippen LogP contribution in [0, 0.1) is 6.92 Å². The molecule has 0 aliphatic rings. The quantitative estimate of drug-likeness (QED) is 0.426. The van der Waals surface area contributed by atoms with Gasteiger partial charge in [0, 0.05) is 11.6 Å². The van der Waals surface area contributed by atoms with E-state index in [1.807, 2.05) is 31.2 Å². The third-order valence-electron chi connectivity index (χ3n) is 4.16. The monoisotopic (exact) mass is 360 g/mol. The first-order chi connectivity index (χ1) is 13.1. The average molecular weight is 360 g/mol. The van der Waals surface area contributed by atoms with Crippen molar-refractivity contribution in [3.05, 3.63) is 77.8 Å². The Kier molecular flexibility index (Phi) is 4.30. The third-order valence-corrected chi connectivity index (χ3v) is 4.16. The summed E-state index contributed by atoms with van der Waals surface area (Å²) in [5.41, 5.74) is 1.91. The first-order valence-corrected chi connectivity index (χ1v) is 8.42. The molecular formula is C21H16N2O4. The maximum absolute atomic E-state index is 12.7. The number of aryl methyl sites for hydroxylation is 1. The Morgan fingerprint density at radius 2 is 1.96 bits per heavy atom. The van der Waals surface area contributed by atoms with Crippen molar-refractivity contribution in [1.29, 1.82) is 0 Å². The van der Waals surface area contributed by atoms with E-state index in [1.54, 1.807) is 36.5 Å². The molecule has 3 heterocycles. The zero-order valence-electron chi connectivity index (χ0n) is 14.6. The molecule has 0 saturated heterocycles. The summed E-state index contributed by atoms with van der Waals surface area (Å²) >= 11 is 0. The van der Waals surface area contributed by atoms with Gasteiger partial charge in [-0.05, 0) is 43.3 Å². The van der Waals surface area contributed by atoms with Crippen LogP contribution in [-0.2, 0) is 4.74 Å².